The van der Waals surface area contributed by atoms with E-state index in [9.17, 15) is 4.79 Å². The van der Waals surface area contributed by atoms with Crippen LogP contribution in [-0.4, -0.2) is 54.5 Å². The lowest BCUT2D eigenvalue weighted by Gasteiger charge is -2.37. The van der Waals surface area contributed by atoms with E-state index in [0.29, 0.717) is 19.0 Å². The van der Waals surface area contributed by atoms with Gasteiger partial charge >= 0.3 is 0 Å². The summed E-state index contributed by atoms with van der Waals surface area (Å²) in [4.78, 5) is 16.1. The van der Waals surface area contributed by atoms with Gasteiger partial charge < -0.3 is 10.6 Å². The van der Waals surface area contributed by atoms with E-state index in [-0.39, 0.29) is 5.91 Å². The minimum absolute atomic E-state index is 0.235. The van der Waals surface area contributed by atoms with Gasteiger partial charge in [0.25, 0.3) is 0 Å². The first kappa shape index (κ1) is 9.93. The van der Waals surface area contributed by atoms with E-state index in [2.05, 4.69) is 4.90 Å². The van der Waals surface area contributed by atoms with Crippen molar-refractivity contribution in [1.82, 2.24) is 9.80 Å². The summed E-state index contributed by atoms with van der Waals surface area (Å²) >= 11 is 0. The molecule has 2 aliphatic rings. The molecule has 0 bridgehead atoms. The Hall–Kier alpha value is -0.610. The minimum Gasteiger partial charge on any atom is -0.340 e. The van der Waals surface area contributed by atoms with Gasteiger partial charge in [-0.3, -0.25) is 9.69 Å². The molecule has 1 amide bonds. The molecule has 0 aliphatic carbocycles. The Labute approximate surface area is 85.0 Å². The lowest BCUT2D eigenvalue weighted by atomic mass is 10.1. The van der Waals surface area contributed by atoms with Gasteiger partial charge in [-0.2, -0.15) is 0 Å². The first-order valence-electron chi connectivity index (χ1n) is 5.53. The standard InChI is InChI=1S/C10H19N3O/c11-4-3-10(14)13-7-6-12-5-1-2-9(12)8-13/h9H,1-8,11H2. The summed E-state index contributed by atoms with van der Waals surface area (Å²) in [6.07, 6.45) is 3.06. The smallest absolute Gasteiger partial charge is 0.223 e. The Kier molecular flexibility index (Phi) is 3.03. The van der Waals surface area contributed by atoms with Crippen LogP contribution in [0.4, 0.5) is 0 Å². The van der Waals surface area contributed by atoms with E-state index in [1.807, 2.05) is 4.90 Å². The molecule has 2 saturated heterocycles. The number of amides is 1. The molecule has 2 fully saturated rings. The molecule has 1 atom stereocenters. The monoisotopic (exact) mass is 197 g/mol. The maximum absolute atomic E-state index is 11.6. The van der Waals surface area contributed by atoms with Crippen LogP contribution in [-0.2, 0) is 4.79 Å². The highest BCUT2D eigenvalue weighted by Crippen LogP contribution is 2.21. The molecule has 4 nitrogen and oxygen atoms in total. The Morgan fingerprint density at radius 2 is 2.21 bits per heavy atom. The van der Waals surface area contributed by atoms with Crippen molar-refractivity contribution in [2.24, 2.45) is 5.73 Å². The van der Waals surface area contributed by atoms with Crippen LogP contribution in [0.5, 0.6) is 0 Å². The highest BCUT2D eigenvalue weighted by Gasteiger charge is 2.31. The molecule has 0 radical (unpaired) electrons. The molecule has 0 aromatic carbocycles. The van der Waals surface area contributed by atoms with Crippen LogP contribution < -0.4 is 5.73 Å². The number of fused-ring (bicyclic) bond motifs is 1. The Morgan fingerprint density at radius 3 is 3.00 bits per heavy atom. The van der Waals surface area contributed by atoms with Gasteiger partial charge in [-0.1, -0.05) is 0 Å². The molecule has 2 rings (SSSR count). The van der Waals surface area contributed by atoms with Gasteiger partial charge in [-0.25, -0.2) is 0 Å². The summed E-state index contributed by atoms with van der Waals surface area (Å²) in [5, 5.41) is 0. The molecule has 2 heterocycles. The number of nitrogens with two attached hydrogens (primary N) is 1. The fraction of sp³-hybridized carbons (Fsp3) is 0.900. The maximum atomic E-state index is 11.6. The average Bonchev–Trinajstić information content (AvgIpc) is 2.64. The molecule has 80 valence electrons. The quantitative estimate of drug-likeness (QED) is 0.658. The zero-order valence-corrected chi connectivity index (χ0v) is 8.61. The third-order valence-corrected chi connectivity index (χ3v) is 3.30. The van der Waals surface area contributed by atoms with Gasteiger partial charge in [0, 0.05) is 38.6 Å². The molecule has 0 aromatic rings. The van der Waals surface area contributed by atoms with E-state index < -0.39 is 0 Å². The summed E-state index contributed by atoms with van der Waals surface area (Å²) < 4.78 is 0. The predicted molar refractivity (Wildman–Crippen MR) is 54.8 cm³/mol. The summed E-state index contributed by atoms with van der Waals surface area (Å²) in [5.74, 6) is 0.235. The first-order valence-corrected chi connectivity index (χ1v) is 5.53. The fourth-order valence-corrected chi connectivity index (χ4v) is 2.50. The average molecular weight is 197 g/mol. The van der Waals surface area contributed by atoms with Crippen molar-refractivity contribution in [2.75, 3.05) is 32.7 Å². The largest absolute Gasteiger partial charge is 0.340 e. The third-order valence-electron chi connectivity index (χ3n) is 3.30. The van der Waals surface area contributed by atoms with Gasteiger partial charge in [-0.15, -0.1) is 0 Å². The number of piperazine rings is 1. The van der Waals surface area contributed by atoms with Crippen LogP contribution in [0, 0.1) is 0 Å². The molecular weight excluding hydrogens is 178 g/mol. The normalized spacial score (nSPS) is 27.8. The van der Waals surface area contributed by atoms with Gasteiger partial charge in [0.2, 0.25) is 5.91 Å². The van der Waals surface area contributed by atoms with Gasteiger partial charge in [0.15, 0.2) is 0 Å². The molecule has 14 heavy (non-hydrogen) atoms. The summed E-state index contributed by atoms with van der Waals surface area (Å²) in [7, 11) is 0. The van der Waals surface area contributed by atoms with Gasteiger partial charge in [-0.05, 0) is 19.4 Å². The molecule has 4 heteroatoms. The van der Waals surface area contributed by atoms with Crippen molar-refractivity contribution in [3.05, 3.63) is 0 Å². The fourth-order valence-electron chi connectivity index (χ4n) is 2.50. The second kappa shape index (κ2) is 4.28. The molecule has 0 saturated carbocycles. The Bertz CT molecular complexity index is 219. The minimum atomic E-state index is 0.235. The summed E-state index contributed by atoms with van der Waals surface area (Å²) in [6.45, 7) is 4.59. The number of carbonyl (C=O) groups excluding carboxylic acids is 1. The molecule has 1 unspecified atom stereocenters. The number of rotatable bonds is 2. The number of nitrogens with zero attached hydrogens (tertiary/aromatic N) is 2. The van der Waals surface area contributed by atoms with Crippen molar-refractivity contribution < 1.29 is 4.79 Å². The highest BCUT2D eigenvalue weighted by molar-refractivity contribution is 5.76. The number of hydrogen-bond donors (Lipinski definition) is 1. The second-order valence-corrected chi connectivity index (χ2v) is 4.21. The Balaban J connectivity index is 1.87. The molecule has 0 spiro atoms. The van der Waals surface area contributed by atoms with Crippen LogP contribution in [0.2, 0.25) is 0 Å². The van der Waals surface area contributed by atoms with Crippen LogP contribution >= 0.6 is 0 Å². The van der Waals surface area contributed by atoms with E-state index >= 15 is 0 Å². The molecule has 2 N–H and O–H groups in total. The summed E-state index contributed by atoms with van der Waals surface area (Å²) in [5.41, 5.74) is 5.38. The van der Waals surface area contributed by atoms with Crippen molar-refractivity contribution >= 4 is 5.91 Å². The zero-order valence-electron chi connectivity index (χ0n) is 8.61. The SMILES string of the molecule is NCCC(=O)N1CCN2CCCC2C1. The van der Waals surface area contributed by atoms with E-state index in [1.54, 1.807) is 0 Å². The van der Waals surface area contributed by atoms with E-state index in [0.717, 1.165) is 19.6 Å². The Morgan fingerprint density at radius 1 is 1.36 bits per heavy atom. The number of hydrogen-bond acceptors (Lipinski definition) is 3. The highest BCUT2D eigenvalue weighted by atomic mass is 16.2. The van der Waals surface area contributed by atoms with Crippen molar-refractivity contribution in [3.63, 3.8) is 0 Å². The zero-order chi connectivity index (χ0) is 9.97. The van der Waals surface area contributed by atoms with Crippen LogP contribution in [0.25, 0.3) is 0 Å². The third kappa shape index (κ3) is 1.91. The van der Waals surface area contributed by atoms with Gasteiger partial charge in [0.1, 0.15) is 0 Å². The molecule has 0 aromatic heterocycles. The number of carbonyl (C=O) groups is 1. The van der Waals surface area contributed by atoms with Crippen LogP contribution in [0.3, 0.4) is 0 Å². The second-order valence-electron chi connectivity index (χ2n) is 4.21. The predicted octanol–water partition coefficient (Wildman–Crippen LogP) is -0.358. The lowest BCUT2D eigenvalue weighted by Crippen LogP contribution is -2.52. The van der Waals surface area contributed by atoms with Gasteiger partial charge in [0.05, 0.1) is 0 Å². The van der Waals surface area contributed by atoms with Crippen LogP contribution in [0.15, 0.2) is 0 Å². The lowest BCUT2D eigenvalue weighted by molar-refractivity contribution is -0.133. The maximum Gasteiger partial charge on any atom is 0.223 e. The van der Waals surface area contributed by atoms with Crippen molar-refractivity contribution in [3.8, 4) is 0 Å². The van der Waals surface area contributed by atoms with Crippen molar-refractivity contribution in [1.29, 1.82) is 0 Å². The van der Waals surface area contributed by atoms with E-state index in [1.165, 1.54) is 19.4 Å². The molecular formula is C10H19N3O. The summed E-state index contributed by atoms with van der Waals surface area (Å²) in [6, 6.07) is 0.630. The van der Waals surface area contributed by atoms with Crippen molar-refractivity contribution in [2.45, 2.75) is 25.3 Å². The van der Waals surface area contributed by atoms with Crippen LogP contribution in [0.1, 0.15) is 19.3 Å². The topological polar surface area (TPSA) is 49.6 Å². The molecule has 2 aliphatic heterocycles. The first-order chi connectivity index (χ1) is 6.81. The van der Waals surface area contributed by atoms with E-state index in [4.69, 9.17) is 5.73 Å².